The van der Waals surface area contributed by atoms with Crippen LogP contribution in [0.5, 0.6) is 0 Å². The molecule has 6 fully saturated rings. The first kappa shape index (κ1) is 73.4. The molecular weight excluding hydrogens is 1290 g/mol. The number of ether oxygens (including phenoxy) is 6. The molecule has 6 aromatic rings. The molecule has 8 unspecified atom stereocenters. The monoisotopic (exact) mass is 1360 g/mol. The molecule has 20 atom stereocenters. The van der Waals surface area contributed by atoms with E-state index in [1.54, 1.807) is 22.6 Å². The maximum Gasteiger partial charge on any atom is 0.194 e. The van der Waals surface area contributed by atoms with E-state index >= 15 is 0 Å². The highest BCUT2D eigenvalue weighted by Crippen LogP contribution is 2.46. The molecular formula is C65H72F6N12O10S2. The Morgan fingerprint density at radius 1 is 0.632 bits per heavy atom. The van der Waals surface area contributed by atoms with Crippen LogP contribution in [0.3, 0.4) is 0 Å². The van der Waals surface area contributed by atoms with Gasteiger partial charge in [0.1, 0.15) is 29.4 Å². The summed E-state index contributed by atoms with van der Waals surface area (Å²) in [6, 6.07) is 32.0. The molecule has 1 saturated carbocycles. The summed E-state index contributed by atoms with van der Waals surface area (Å²) >= 11 is 3.39. The number of aliphatic hydroxyl groups is 4. The standard InChI is InChI=1S/C22H22F3N3O2S.C15H21N3OS.C14H17N3O3.C8H3F3.C6H9N3O4/c1-12-19(11-29)30-22(31-15-6-4-3-5-7-15)13(2)21(12)28-10-18(26-27-28)14-8-16(23)20(25)17(24)9-14;1-10-12(9-19)8-14(11(2)15(10)17-18-16)20-13-6-4-3-5-7-13;1-9-11-8-19-14(20-11)13(12(9)16-17-15)18-7-10-5-3-2-4-6-10;1-2-5-3-6(9)8(11)7(10)4-5;7-9-8-3-4(10)2-1-12-6(13-2)5(3)11/h3-10,12-13,19,21-22,29H,11H2,1-2H3;3-7,10-12,14-15,19H,8-9H2,1-2H3;2-6,9,11-14H,7-8H2,1H3;1,3-4H;2-6,10-11H,1H2/t12-,13?,19?,21-,22+;10-,11?,12?,14-,15-;9-,11?,12+,13?,14+;;2?,3-,4+,5?,6-/m000.1/s1. The fraction of sp³-hybridized carbons (Fsp3) is 0.477. The Morgan fingerprint density at radius 2 is 1.17 bits per heavy atom. The number of halogens is 6. The average molecular weight is 1360 g/mol. The lowest BCUT2D eigenvalue weighted by Gasteiger charge is -2.44. The van der Waals surface area contributed by atoms with Gasteiger partial charge in [-0.05, 0) is 101 Å². The number of thioether (sulfide) groups is 2. The largest absolute Gasteiger partial charge is 0.396 e. The number of aliphatic hydroxyl groups excluding tert-OH is 4. The highest BCUT2D eigenvalue weighted by molar-refractivity contribution is 8.00. The normalized spacial score (nSPS) is 30.8. The summed E-state index contributed by atoms with van der Waals surface area (Å²) in [5.41, 5.74) is 26.9. The van der Waals surface area contributed by atoms with Gasteiger partial charge in [-0.2, -0.15) is 0 Å². The molecule has 12 rings (SSSR count). The molecule has 4 bridgehead atoms. The van der Waals surface area contributed by atoms with E-state index in [-0.39, 0.29) is 102 Å². The number of benzene rings is 5. The summed E-state index contributed by atoms with van der Waals surface area (Å²) in [7, 11) is 0. The lowest BCUT2D eigenvalue weighted by atomic mass is 9.72. The van der Waals surface area contributed by atoms with Gasteiger partial charge < -0.3 is 48.8 Å². The van der Waals surface area contributed by atoms with E-state index in [1.807, 2.05) is 117 Å². The maximum absolute atomic E-state index is 13.6. The van der Waals surface area contributed by atoms with Crippen molar-refractivity contribution in [2.45, 2.75) is 141 Å². The van der Waals surface area contributed by atoms with E-state index in [1.165, 1.54) is 4.90 Å². The molecule has 1 aromatic heterocycles. The third-order valence-electron chi connectivity index (χ3n) is 17.4. The van der Waals surface area contributed by atoms with Gasteiger partial charge in [0.05, 0.1) is 69.1 Å². The highest BCUT2D eigenvalue weighted by atomic mass is 32.2. The fourth-order valence-corrected chi connectivity index (χ4v) is 14.5. The number of rotatable bonds is 14. The molecule has 5 aliphatic heterocycles. The van der Waals surface area contributed by atoms with Crippen molar-refractivity contribution in [2.75, 3.05) is 26.4 Å². The summed E-state index contributed by atoms with van der Waals surface area (Å²) in [5.74, 6) is -5.38. The van der Waals surface area contributed by atoms with Crippen molar-refractivity contribution in [3.8, 4) is 23.6 Å². The van der Waals surface area contributed by atoms with Gasteiger partial charge in [-0.3, -0.25) is 0 Å². The van der Waals surface area contributed by atoms with Gasteiger partial charge in [0.15, 0.2) is 47.5 Å². The first-order valence-electron chi connectivity index (χ1n) is 30.4. The van der Waals surface area contributed by atoms with Crippen molar-refractivity contribution in [3.05, 3.63) is 199 Å². The van der Waals surface area contributed by atoms with Crippen molar-refractivity contribution >= 4 is 23.5 Å². The van der Waals surface area contributed by atoms with E-state index in [4.69, 9.17) is 51.4 Å². The molecule has 30 heteroatoms. The second-order valence-corrected chi connectivity index (χ2v) is 25.9. The number of terminal acetylenes is 1. The van der Waals surface area contributed by atoms with E-state index < -0.39 is 77.9 Å². The number of fused-ring (bicyclic) bond motifs is 4. The molecule has 6 aliphatic rings. The fourth-order valence-electron chi connectivity index (χ4n) is 12.0. The number of hydrogen-bond acceptors (Lipinski definition) is 17. The summed E-state index contributed by atoms with van der Waals surface area (Å²) in [6.07, 6.45) is 2.82. The van der Waals surface area contributed by atoms with Crippen LogP contribution in [-0.4, -0.2) is 140 Å². The Hall–Kier alpha value is -7.39. The van der Waals surface area contributed by atoms with Crippen molar-refractivity contribution in [2.24, 2.45) is 50.9 Å². The van der Waals surface area contributed by atoms with Gasteiger partial charge in [-0.15, -0.1) is 23.3 Å². The Labute approximate surface area is 552 Å². The molecule has 506 valence electrons. The van der Waals surface area contributed by atoms with Crippen molar-refractivity contribution in [1.82, 2.24) is 15.0 Å². The molecule has 6 heterocycles. The lowest BCUT2D eigenvalue weighted by molar-refractivity contribution is -0.195. The quantitative estimate of drug-likeness (QED) is 0.0197. The number of aromatic nitrogens is 3. The molecule has 5 saturated heterocycles. The van der Waals surface area contributed by atoms with E-state index in [0.29, 0.717) is 24.4 Å². The molecule has 0 radical (unpaired) electrons. The Kier molecular flexibility index (Phi) is 27.1. The minimum absolute atomic E-state index is 0.00734. The molecule has 95 heavy (non-hydrogen) atoms. The molecule has 0 amide bonds. The Balaban J connectivity index is 0.000000159. The number of nitrogens with zero attached hydrogens (tertiary/aromatic N) is 12. The third-order valence-corrected chi connectivity index (χ3v) is 20.2. The first-order chi connectivity index (χ1) is 45.7. The van der Waals surface area contributed by atoms with Crippen LogP contribution >= 0.6 is 23.5 Å². The SMILES string of the molecule is C#Cc1cc(F)c(F)c(F)c1.CC1[C@@H](Sc2ccccc2)CC(CO)[C@H](C)[C@@H]1N=[N+]=[N-].CC1[C@@H](Sc2ccccc2)OC(CO)[C@H](C)[C@@H]1n1cc(-c2cc(F)c(F)c(F)c2)nn1.C[C@H]1C2CO[C@H](O2)C(OCc2ccccc2)[C@@H]1N=[N+]=[N-].[N-]=[N+]=N[C@H]1C(O)[C@@H]2OCC(O2)[C@@H]1O. The number of azide groups is 3. The van der Waals surface area contributed by atoms with Gasteiger partial charge >= 0.3 is 0 Å². The van der Waals surface area contributed by atoms with Crippen LogP contribution in [0.15, 0.2) is 147 Å². The van der Waals surface area contributed by atoms with Crippen molar-refractivity contribution in [3.63, 3.8) is 0 Å². The minimum Gasteiger partial charge on any atom is -0.396 e. The lowest BCUT2D eigenvalue weighted by Crippen LogP contribution is -2.52. The number of hydrogen-bond donors (Lipinski definition) is 4. The summed E-state index contributed by atoms with van der Waals surface area (Å²) in [4.78, 5) is 10.8. The first-order valence-corrected chi connectivity index (χ1v) is 32.2. The zero-order valence-electron chi connectivity index (χ0n) is 52.1. The van der Waals surface area contributed by atoms with E-state index in [9.17, 15) is 46.8 Å². The topological polar surface area (TPSA) is 313 Å². The smallest absolute Gasteiger partial charge is 0.194 e. The van der Waals surface area contributed by atoms with Crippen LogP contribution in [0.1, 0.15) is 58.2 Å². The van der Waals surface area contributed by atoms with Crippen LogP contribution in [0, 0.1) is 82.8 Å². The predicted octanol–water partition coefficient (Wildman–Crippen LogP) is 12.7. The zero-order chi connectivity index (χ0) is 68.5. The van der Waals surface area contributed by atoms with Crippen LogP contribution in [0.25, 0.3) is 42.6 Å². The van der Waals surface area contributed by atoms with Gasteiger partial charge in [-0.25, -0.2) is 31.0 Å². The van der Waals surface area contributed by atoms with Crippen molar-refractivity contribution in [1.29, 1.82) is 0 Å². The average Bonchev–Trinajstić information content (AvgIpc) is 1.77. The van der Waals surface area contributed by atoms with Gasteiger partial charge in [-0.1, -0.05) is 140 Å². The van der Waals surface area contributed by atoms with Crippen LogP contribution in [-0.2, 0) is 35.0 Å². The molecule has 5 aromatic carbocycles. The third kappa shape index (κ3) is 18.4. The minimum atomic E-state index is -1.52. The van der Waals surface area contributed by atoms with Gasteiger partial charge in [0.25, 0.3) is 0 Å². The molecule has 4 N–H and O–H groups in total. The van der Waals surface area contributed by atoms with Crippen molar-refractivity contribution < 1.29 is 75.2 Å². The Morgan fingerprint density at radius 3 is 1.75 bits per heavy atom. The predicted molar refractivity (Wildman–Crippen MR) is 339 cm³/mol. The summed E-state index contributed by atoms with van der Waals surface area (Å²) in [6.45, 7) is 11.5. The second-order valence-electron chi connectivity index (χ2n) is 23.4. The summed E-state index contributed by atoms with van der Waals surface area (Å²) in [5, 5.41) is 58.3. The highest BCUT2D eigenvalue weighted by Gasteiger charge is 2.51. The van der Waals surface area contributed by atoms with Crippen LogP contribution < -0.4 is 0 Å². The van der Waals surface area contributed by atoms with Gasteiger partial charge in [0, 0.05) is 65.4 Å². The second kappa shape index (κ2) is 35.0. The van der Waals surface area contributed by atoms with Crippen LogP contribution in [0.4, 0.5) is 26.3 Å². The zero-order valence-corrected chi connectivity index (χ0v) is 53.7. The van der Waals surface area contributed by atoms with E-state index in [2.05, 4.69) is 66.4 Å². The molecule has 1 aliphatic carbocycles. The molecule has 0 spiro atoms. The maximum atomic E-state index is 13.6. The molecule has 22 nitrogen and oxygen atoms in total. The summed E-state index contributed by atoms with van der Waals surface area (Å²) < 4.78 is 113. The Bertz CT molecular complexity index is 3600. The van der Waals surface area contributed by atoms with Crippen LogP contribution in [0.2, 0.25) is 0 Å². The van der Waals surface area contributed by atoms with Gasteiger partial charge in [0.2, 0.25) is 0 Å². The van der Waals surface area contributed by atoms with E-state index in [0.717, 1.165) is 41.1 Å².